The first-order chi connectivity index (χ1) is 15.9. The lowest BCUT2D eigenvalue weighted by Gasteiger charge is -2.28. The zero-order valence-electron chi connectivity index (χ0n) is 17.7. The Balaban J connectivity index is 1.55. The van der Waals surface area contributed by atoms with Gasteiger partial charge in [-0.1, -0.05) is 24.3 Å². The van der Waals surface area contributed by atoms with Crippen molar-refractivity contribution in [1.29, 1.82) is 0 Å². The normalized spacial score (nSPS) is 18.3. The molecule has 0 bridgehead atoms. The number of hydrogen-bond acceptors (Lipinski definition) is 6. The maximum Gasteiger partial charge on any atom is 0.573 e. The lowest BCUT2D eigenvalue weighted by atomic mass is 9.96. The summed E-state index contributed by atoms with van der Waals surface area (Å²) < 4.78 is 47.0. The molecule has 2 heterocycles. The molecule has 0 radical (unpaired) electrons. The number of anilines is 1. The Morgan fingerprint density at radius 2 is 1.79 bits per heavy atom. The van der Waals surface area contributed by atoms with Crippen molar-refractivity contribution in [3.63, 3.8) is 0 Å². The molecule has 1 aromatic heterocycles. The van der Waals surface area contributed by atoms with Crippen LogP contribution in [0.5, 0.6) is 11.5 Å². The summed E-state index contributed by atoms with van der Waals surface area (Å²) in [6, 6.07) is 13.0. The van der Waals surface area contributed by atoms with E-state index in [9.17, 15) is 18.3 Å². The largest absolute Gasteiger partial charge is 0.573 e. The van der Waals surface area contributed by atoms with E-state index in [0.717, 1.165) is 40.9 Å². The van der Waals surface area contributed by atoms with Crippen LogP contribution in [0.3, 0.4) is 0 Å². The van der Waals surface area contributed by atoms with Crippen molar-refractivity contribution >= 4 is 5.95 Å². The molecule has 9 heteroatoms. The molecule has 1 N–H and O–H groups in total. The predicted molar refractivity (Wildman–Crippen MR) is 115 cm³/mol. The first-order valence-corrected chi connectivity index (χ1v) is 10.8. The SMILES string of the molecule is Oc1cccc(-c2nc(N3CCOCC3)nc3c2CCC3c2ccc(OC(F)(F)F)cc2)c1. The first kappa shape index (κ1) is 21.5. The van der Waals surface area contributed by atoms with Gasteiger partial charge >= 0.3 is 6.36 Å². The van der Waals surface area contributed by atoms with Crippen LogP contribution in [0.2, 0.25) is 0 Å². The standard InChI is InChI=1S/C24H22F3N3O3/c25-24(26,27)33-18-6-4-15(5-7-18)19-8-9-20-21(16-2-1-3-17(31)14-16)28-23(29-22(19)20)30-10-12-32-13-11-30/h1-7,14,19,31H,8-13H2. The summed E-state index contributed by atoms with van der Waals surface area (Å²) >= 11 is 0. The summed E-state index contributed by atoms with van der Waals surface area (Å²) in [5, 5.41) is 10.0. The van der Waals surface area contributed by atoms with Crippen LogP contribution >= 0.6 is 0 Å². The van der Waals surface area contributed by atoms with Gasteiger partial charge in [0.15, 0.2) is 0 Å². The number of halogens is 3. The molecule has 0 amide bonds. The van der Waals surface area contributed by atoms with Gasteiger partial charge in [0.1, 0.15) is 11.5 Å². The maximum absolute atomic E-state index is 12.5. The van der Waals surface area contributed by atoms with E-state index >= 15 is 0 Å². The molecule has 33 heavy (non-hydrogen) atoms. The van der Waals surface area contributed by atoms with E-state index in [1.807, 2.05) is 6.07 Å². The fourth-order valence-electron chi connectivity index (χ4n) is 4.47. The Bertz CT molecular complexity index is 1150. The second-order valence-electron chi connectivity index (χ2n) is 8.09. The molecule has 1 atom stereocenters. The van der Waals surface area contributed by atoms with Gasteiger partial charge in [0.2, 0.25) is 5.95 Å². The Morgan fingerprint density at radius 1 is 1.03 bits per heavy atom. The number of rotatable bonds is 4. The van der Waals surface area contributed by atoms with Crippen molar-refractivity contribution < 1.29 is 27.8 Å². The Morgan fingerprint density at radius 3 is 2.48 bits per heavy atom. The van der Waals surface area contributed by atoms with Gasteiger partial charge in [-0.05, 0) is 42.7 Å². The van der Waals surface area contributed by atoms with Gasteiger partial charge in [-0.2, -0.15) is 0 Å². The molecule has 0 spiro atoms. The summed E-state index contributed by atoms with van der Waals surface area (Å²) in [7, 11) is 0. The highest BCUT2D eigenvalue weighted by Gasteiger charge is 2.33. The number of phenolic OH excluding ortho intramolecular Hbond substituents is 1. The van der Waals surface area contributed by atoms with Crippen molar-refractivity contribution in [3.8, 4) is 22.8 Å². The van der Waals surface area contributed by atoms with Crippen LogP contribution in [0, 0.1) is 0 Å². The van der Waals surface area contributed by atoms with Crippen LogP contribution in [-0.4, -0.2) is 47.7 Å². The monoisotopic (exact) mass is 457 g/mol. The number of ether oxygens (including phenoxy) is 2. The minimum absolute atomic E-state index is 0.0706. The third-order valence-corrected chi connectivity index (χ3v) is 5.97. The fourth-order valence-corrected chi connectivity index (χ4v) is 4.47. The van der Waals surface area contributed by atoms with Gasteiger partial charge in [-0.3, -0.25) is 0 Å². The van der Waals surface area contributed by atoms with Crippen molar-refractivity contribution in [2.45, 2.75) is 25.1 Å². The molecule has 2 aliphatic rings. The molecule has 1 saturated heterocycles. The molecule has 2 aromatic carbocycles. The van der Waals surface area contributed by atoms with Gasteiger partial charge < -0.3 is 19.5 Å². The molecule has 5 rings (SSSR count). The van der Waals surface area contributed by atoms with Gasteiger partial charge in [0, 0.05) is 30.1 Å². The van der Waals surface area contributed by atoms with Crippen LogP contribution in [0.25, 0.3) is 11.3 Å². The highest BCUT2D eigenvalue weighted by Crippen LogP contribution is 2.42. The molecule has 1 fully saturated rings. The number of morpholine rings is 1. The summed E-state index contributed by atoms with van der Waals surface area (Å²) in [5.74, 6) is 0.433. The third-order valence-electron chi connectivity index (χ3n) is 5.97. The number of aromatic nitrogens is 2. The minimum Gasteiger partial charge on any atom is -0.508 e. The molecule has 1 aliphatic heterocycles. The van der Waals surface area contributed by atoms with Crippen molar-refractivity contribution in [1.82, 2.24) is 9.97 Å². The van der Waals surface area contributed by atoms with E-state index in [1.54, 1.807) is 30.3 Å². The van der Waals surface area contributed by atoms with Crippen molar-refractivity contribution in [2.24, 2.45) is 0 Å². The van der Waals surface area contributed by atoms with E-state index in [0.29, 0.717) is 32.3 Å². The van der Waals surface area contributed by atoms with Gasteiger partial charge in [0.25, 0.3) is 0 Å². The van der Waals surface area contributed by atoms with E-state index in [4.69, 9.17) is 14.7 Å². The molecule has 0 saturated carbocycles. The summed E-state index contributed by atoms with van der Waals surface area (Å²) in [5.41, 5.74) is 4.32. The molecule has 3 aromatic rings. The van der Waals surface area contributed by atoms with Crippen LogP contribution < -0.4 is 9.64 Å². The minimum atomic E-state index is -4.72. The number of alkyl halides is 3. The van der Waals surface area contributed by atoms with Crippen LogP contribution in [-0.2, 0) is 11.2 Å². The van der Waals surface area contributed by atoms with E-state index < -0.39 is 6.36 Å². The Labute approximate surface area is 188 Å². The van der Waals surface area contributed by atoms with Crippen molar-refractivity contribution in [2.75, 3.05) is 31.2 Å². The maximum atomic E-state index is 12.5. The first-order valence-electron chi connectivity index (χ1n) is 10.8. The smallest absolute Gasteiger partial charge is 0.508 e. The molecule has 1 unspecified atom stereocenters. The van der Waals surface area contributed by atoms with Crippen LogP contribution in [0.15, 0.2) is 48.5 Å². The van der Waals surface area contributed by atoms with Crippen LogP contribution in [0.4, 0.5) is 19.1 Å². The average Bonchev–Trinajstić information content (AvgIpc) is 3.22. The van der Waals surface area contributed by atoms with E-state index in [-0.39, 0.29) is 17.4 Å². The molecule has 172 valence electrons. The molecule has 6 nitrogen and oxygen atoms in total. The van der Waals surface area contributed by atoms with Crippen LogP contribution in [0.1, 0.15) is 29.2 Å². The summed E-state index contributed by atoms with van der Waals surface area (Å²) in [6.45, 7) is 2.52. The van der Waals surface area contributed by atoms with Gasteiger partial charge in [-0.25, -0.2) is 9.97 Å². The number of phenols is 1. The zero-order chi connectivity index (χ0) is 23.0. The number of nitrogens with zero attached hydrogens (tertiary/aromatic N) is 3. The quantitative estimate of drug-likeness (QED) is 0.615. The molecule has 1 aliphatic carbocycles. The van der Waals surface area contributed by atoms with Gasteiger partial charge in [0.05, 0.1) is 24.6 Å². The number of aromatic hydroxyl groups is 1. The van der Waals surface area contributed by atoms with Gasteiger partial charge in [-0.15, -0.1) is 13.2 Å². The number of benzene rings is 2. The summed E-state index contributed by atoms with van der Waals surface area (Å²) in [4.78, 5) is 11.9. The second-order valence-corrected chi connectivity index (χ2v) is 8.09. The topological polar surface area (TPSA) is 67.7 Å². The summed E-state index contributed by atoms with van der Waals surface area (Å²) in [6.07, 6.45) is -3.23. The predicted octanol–water partition coefficient (Wildman–Crippen LogP) is 4.66. The Hall–Kier alpha value is -3.33. The third kappa shape index (κ3) is 4.59. The lowest BCUT2D eigenvalue weighted by molar-refractivity contribution is -0.274. The second kappa shape index (κ2) is 8.55. The Kier molecular flexibility index (Phi) is 5.57. The molecular formula is C24H22F3N3O3. The lowest BCUT2D eigenvalue weighted by Crippen LogP contribution is -2.37. The average molecular weight is 457 g/mol. The zero-order valence-corrected chi connectivity index (χ0v) is 17.7. The number of hydrogen-bond donors (Lipinski definition) is 1. The highest BCUT2D eigenvalue weighted by molar-refractivity contribution is 5.68. The van der Waals surface area contributed by atoms with Crippen molar-refractivity contribution in [3.05, 3.63) is 65.4 Å². The van der Waals surface area contributed by atoms with E-state index in [1.165, 1.54) is 12.1 Å². The molecular weight excluding hydrogens is 435 g/mol. The van der Waals surface area contributed by atoms with E-state index in [2.05, 4.69) is 9.64 Å². The highest BCUT2D eigenvalue weighted by atomic mass is 19.4. The fraction of sp³-hybridized carbons (Fsp3) is 0.333. The number of fused-ring (bicyclic) bond motifs is 1.